The highest BCUT2D eigenvalue weighted by Crippen LogP contribution is 2.29. The summed E-state index contributed by atoms with van der Waals surface area (Å²) in [6.07, 6.45) is 0. The van der Waals surface area contributed by atoms with Gasteiger partial charge in [0.25, 0.3) is 0 Å². The van der Waals surface area contributed by atoms with E-state index in [0.717, 1.165) is 12.1 Å². The molecule has 5 nitrogen and oxygen atoms in total. The first-order chi connectivity index (χ1) is 7.47. The fourth-order valence-corrected chi connectivity index (χ4v) is 1.54. The molecule has 0 heterocycles. The molecule has 0 unspecified atom stereocenters. The van der Waals surface area contributed by atoms with Gasteiger partial charge in [0, 0.05) is 22.6 Å². The van der Waals surface area contributed by atoms with Gasteiger partial charge >= 0.3 is 5.97 Å². The molecule has 0 amide bonds. The van der Waals surface area contributed by atoms with E-state index >= 15 is 0 Å². The van der Waals surface area contributed by atoms with Gasteiger partial charge in [-0.15, -0.1) is 0 Å². The van der Waals surface area contributed by atoms with Gasteiger partial charge in [-0.1, -0.05) is 0 Å². The van der Waals surface area contributed by atoms with Crippen molar-refractivity contribution in [2.75, 3.05) is 6.61 Å². The standard InChI is InChI=1S/C10H9IO5/c1-2-16-10(15)6-4-7(12)5(9(11)14)3-8(6)13/h3-4,12-13H,2H2,1H3. The number of esters is 1. The second-order valence-electron chi connectivity index (χ2n) is 2.88. The summed E-state index contributed by atoms with van der Waals surface area (Å²) in [7, 11) is 0. The van der Waals surface area contributed by atoms with Crippen molar-refractivity contribution in [3.8, 4) is 11.5 Å². The third-order valence-corrected chi connectivity index (χ3v) is 2.40. The van der Waals surface area contributed by atoms with Gasteiger partial charge in [0.05, 0.1) is 12.2 Å². The van der Waals surface area contributed by atoms with Crippen molar-refractivity contribution in [2.24, 2.45) is 0 Å². The van der Waals surface area contributed by atoms with Crippen LogP contribution in [-0.4, -0.2) is 26.6 Å². The first-order valence-corrected chi connectivity index (χ1v) is 5.48. The first kappa shape index (κ1) is 12.8. The van der Waals surface area contributed by atoms with Crippen LogP contribution >= 0.6 is 22.6 Å². The average Bonchev–Trinajstić information content (AvgIpc) is 2.20. The fraction of sp³-hybridized carbons (Fsp3) is 0.200. The van der Waals surface area contributed by atoms with Crippen LogP contribution in [0.5, 0.6) is 11.5 Å². The van der Waals surface area contributed by atoms with E-state index in [2.05, 4.69) is 4.74 Å². The number of carbonyl (C=O) groups is 2. The third-order valence-electron chi connectivity index (χ3n) is 1.82. The summed E-state index contributed by atoms with van der Waals surface area (Å²) in [6, 6.07) is 2.05. The van der Waals surface area contributed by atoms with Crippen molar-refractivity contribution in [3.05, 3.63) is 23.3 Å². The summed E-state index contributed by atoms with van der Waals surface area (Å²) in [4.78, 5) is 22.3. The lowest BCUT2D eigenvalue weighted by molar-refractivity contribution is 0.0522. The average molecular weight is 336 g/mol. The number of hydrogen-bond acceptors (Lipinski definition) is 5. The molecule has 0 aliphatic heterocycles. The molecular formula is C10H9IO5. The highest BCUT2D eigenvalue weighted by molar-refractivity contribution is 14.1. The van der Waals surface area contributed by atoms with E-state index in [9.17, 15) is 19.8 Å². The maximum Gasteiger partial charge on any atom is 0.342 e. The highest BCUT2D eigenvalue weighted by Gasteiger charge is 2.18. The van der Waals surface area contributed by atoms with E-state index in [1.807, 2.05) is 0 Å². The number of carbonyl (C=O) groups excluding carboxylic acids is 2. The number of aromatic hydroxyl groups is 2. The van der Waals surface area contributed by atoms with Gasteiger partial charge in [-0.05, 0) is 19.1 Å². The first-order valence-electron chi connectivity index (χ1n) is 4.40. The van der Waals surface area contributed by atoms with E-state index in [0.29, 0.717) is 0 Å². The zero-order valence-corrected chi connectivity index (χ0v) is 10.5. The molecule has 0 atom stereocenters. The number of benzene rings is 1. The fourth-order valence-electron chi connectivity index (χ4n) is 1.11. The van der Waals surface area contributed by atoms with Gasteiger partial charge in [0.2, 0.25) is 3.79 Å². The lowest BCUT2D eigenvalue weighted by atomic mass is 10.1. The predicted molar refractivity (Wildman–Crippen MR) is 64.1 cm³/mol. The normalized spacial score (nSPS) is 9.88. The molecule has 0 radical (unpaired) electrons. The van der Waals surface area contributed by atoms with Crippen LogP contribution < -0.4 is 0 Å². The lowest BCUT2D eigenvalue weighted by Gasteiger charge is -2.06. The minimum atomic E-state index is -0.747. The van der Waals surface area contributed by atoms with Crippen molar-refractivity contribution in [1.82, 2.24) is 0 Å². The van der Waals surface area contributed by atoms with Crippen molar-refractivity contribution in [1.29, 1.82) is 0 Å². The Kier molecular flexibility index (Phi) is 4.11. The second kappa shape index (κ2) is 5.15. The molecule has 0 aliphatic carbocycles. The van der Waals surface area contributed by atoms with E-state index in [1.54, 1.807) is 6.92 Å². The lowest BCUT2D eigenvalue weighted by Crippen LogP contribution is -2.05. The molecule has 16 heavy (non-hydrogen) atoms. The second-order valence-corrected chi connectivity index (χ2v) is 3.86. The molecular weight excluding hydrogens is 327 g/mol. The largest absolute Gasteiger partial charge is 0.507 e. The van der Waals surface area contributed by atoms with E-state index in [-0.39, 0.29) is 23.5 Å². The van der Waals surface area contributed by atoms with E-state index in [4.69, 9.17) is 0 Å². The predicted octanol–water partition coefficient (Wildman–Crippen LogP) is 1.85. The summed E-state index contributed by atoms with van der Waals surface area (Å²) in [6.45, 7) is 1.78. The molecule has 0 saturated heterocycles. The maximum absolute atomic E-state index is 11.3. The van der Waals surface area contributed by atoms with Crippen LogP contribution in [0.4, 0.5) is 0 Å². The molecule has 2 N–H and O–H groups in total. The minimum Gasteiger partial charge on any atom is -0.507 e. The third kappa shape index (κ3) is 2.63. The molecule has 0 saturated carbocycles. The van der Waals surface area contributed by atoms with Crippen LogP contribution in [0.3, 0.4) is 0 Å². The van der Waals surface area contributed by atoms with Crippen molar-refractivity contribution in [2.45, 2.75) is 6.92 Å². The van der Waals surface area contributed by atoms with E-state index in [1.165, 1.54) is 22.6 Å². The van der Waals surface area contributed by atoms with Crippen LogP contribution in [-0.2, 0) is 4.74 Å². The van der Waals surface area contributed by atoms with Crippen LogP contribution in [0, 0.1) is 0 Å². The zero-order chi connectivity index (χ0) is 12.3. The van der Waals surface area contributed by atoms with Crippen LogP contribution in [0.1, 0.15) is 27.6 Å². The molecule has 1 aromatic rings. The van der Waals surface area contributed by atoms with Crippen LogP contribution in [0.25, 0.3) is 0 Å². The van der Waals surface area contributed by atoms with Crippen molar-refractivity contribution < 1.29 is 24.5 Å². The highest BCUT2D eigenvalue weighted by atomic mass is 127. The summed E-state index contributed by atoms with van der Waals surface area (Å²) in [5.74, 6) is -1.50. The van der Waals surface area contributed by atoms with Crippen LogP contribution in [0.15, 0.2) is 12.1 Å². The number of ether oxygens (including phenoxy) is 1. The Hall–Kier alpha value is -1.31. The summed E-state index contributed by atoms with van der Waals surface area (Å²) >= 11 is 1.47. The topological polar surface area (TPSA) is 83.8 Å². The summed E-state index contributed by atoms with van der Waals surface area (Å²) in [5.41, 5.74) is -0.216. The number of halogens is 1. The van der Waals surface area contributed by atoms with Gasteiger partial charge in [0.1, 0.15) is 17.1 Å². The minimum absolute atomic E-state index is 0.0499. The van der Waals surface area contributed by atoms with E-state index < -0.39 is 15.5 Å². The summed E-state index contributed by atoms with van der Waals surface area (Å²) in [5, 5.41) is 19.0. The van der Waals surface area contributed by atoms with Crippen LogP contribution in [0.2, 0.25) is 0 Å². The molecule has 1 aromatic carbocycles. The van der Waals surface area contributed by atoms with Gasteiger partial charge in [0.15, 0.2) is 0 Å². The molecule has 0 bridgehead atoms. The quantitative estimate of drug-likeness (QED) is 0.381. The number of phenolic OH excluding ortho intramolecular Hbond substituents is 2. The van der Waals surface area contributed by atoms with Gasteiger partial charge in [-0.3, -0.25) is 4.79 Å². The monoisotopic (exact) mass is 336 g/mol. The number of phenols is 2. The SMILES string of the molecule is CCOC(=O)c1cc(O)c(C(=O)I)cc1O. The Morgan fingerprint density at radius 1 is 1.25 bits per heavy atom. The van der Waals surface area contributed by atoms with Gasteiger partial charge in [-0.2, -0.15) is 0 Å². The Balaban J connectivity index is 3.20. The molecule has 0 spiro atoms. The smallest absolute Gasteiger partial charge is 0.342 e. The van der Waals surface area contributed by atoms with Gasteiger partial charge in [-0.25, -0.2) is 4.79 Å². The van der Waals surface area contributed by atoms with Crippen molar-refractivity contribution in [3.63, 3.8) is 0 Å². The van der Waals surface area contributed by atoms with Crippen molar-refractivity contribution >= 4 is 32.4 Å². The molecule has 0 aliphatic rings. The zero-order valence-electron chi connectivity index (χ0n) is 8.36. The van der Waals surface area contributed by atoms with Gasteiger partial charge < -0.3 is 14.9 Å². The Morgan fingerprint density at radius 2 is 1.75 bits per heavy atom. The number of rotatable bonds is 3. The molecule has 6 heteroatoms. The molecule has 0 aromatic heterocycles. The number of hydrogen-bond donors (Lipinski definition) is 2. The maximum atomic E-state index is 11.3. The Bertz CT molecular complexity index is 441. The molecule has 0 fully saturated rings. The summed E-state index contributed by atoms with van der Waals surface area (Å²) < 4.78 is 4.24. The Morgan fingerprint density at radius 3 is 2.25 bits per heavy atom. The Labute approximate surface area is 105 Å². The molecule has 86 valence electrons. The molecule has 1 rings (SSSR count).